The van der Waals surface area contributed by atoms with E-state index in [2.05, 4.69) is 20.8 Å². The maximum absolute atomic E-state index is 12.6. The number of hydrogen-bond donors (Lipinski definition) is 0. The van der Waals surface area contributed by atoms with E-state index < -0.39 is 13.8 Å². The van der Waals surface area contributed by atoms with E-state index >= 15 is 0 Å². The summed E-state index contributed by atoms with van der Waals surface area (Å²) in [4.78, 5) is 0.108. The molecule has 3 nitrogen and oxygen atoms in total. The molecule has 2 aliphatic rings. The Morgan fingerprint density at radius 2 is 2.13 bits per heavy atom. The molecule has 2 saturated heterocycles. The fraction of sp³-hybridized carbons (Fsp3) is 1.00. The summed E-state index contributed by atoms with van der Waals surface area (Å²) in [6, 6.07) is 0. The molecule has 0 aliphatic carbocycles. The van der Waals surface area contributed by atoms with Crippen LogP contribution in [0.3, 0.4) is 0 Å². The van der Waals surface area contributed by atoms with E-state index in [0.29, 0.717) is 6.61 Å². The van der Waals surface area contributed by atoms with Crippen LogP contribution < -0.4 is 0 Å². The monoisotopic (exact) mass is 280 g/mol. The molecular weight excluding hydrogens is 259 g/mol. The molecule has 0 spiro atoms. The molecule has 4 heteroatoms. The number of ether oxygens (including phenoxy) is 2. The van der Waals surface area contributed by atoms with Crippen molar-refractivity contribution >= 4 is 13.8 Å². The zero-order valence-corrected chi connectivity index (χ0v) is 11.6. The van der Waals surface area contributed by atoms with E-state index in [1.165, 1.54) is 0 Å². The van der Waals surface area contributed by atoms with E-state index in [0.717, 1.165) is 12.8 Å². The van der Waals surface area contributed by atoms with Crippen molar-refractivity contribution in [3.05, 3.63) is 0 Å². The molecule has 4 atom stereocenters. The van der Waals surface area contributed by atoms with Gasteiger partial charge in [0, 0.05) is 0 Å². The van der Waals surface area contributed by atoms with Gasteiger partial charge in [0.25, 0.3) is 0 Å². The fourth-order valence-electron chi connectivity index (χ4n) is 2.70. The minimum atomic E-state index is -1.91. The Morgan fingerprint density at radius 3 is 2.73 bits per heavy atom. The first kappa shape index (κ1) is 11.7. The third-order valence-electron chi connectivity index (χ3n) is 3.87. The van der Waals surface area contributed by atoms with Crippen molar-refractivity contribution in [1.29, 1.82) is 0 Å². The van der Waals surface area contributed by atoms with Crippen LogP contribution >= 0.6 is 0 Å². The Kier molecular flexibility index (Phi) is 2.83. The Balaban J connectivity index is 2.32. The van der Waals surface area contributed by atoms with Crippen LogP contribution in [0.1, 0.15) is 33.6 Å². The van der Waals surface area contributed by atoms with E-state index in [-0.39, 0.29) is 20.8 Å². The van der Waals surface area contributed by atoms with E-state index in [4.69, 9.17) is 9.47 Å². The van der Waals surface area contributed by atoms with Crippen molar-refractivity contribution in [3.63, 3.8) is 0 Å². The summed E-state index contributed by atoms with van der Waals surface area (Å²) in [5.41, 5.74) is -0.192. The molecule has 88 valence electrons. The van der Waals surface area contributed by atoms with Crippen LogP contribution in [0, 0.1) is 0 Å². The normalized spacial score (nSPS) is 48.1. The topological polar surface area (TPSA) is 35.5 Å². The molecule has 0 radical (unpaired) electrons. The van der Waals surface area contributed by atoms with Crippen LogP contribution in [0.5, 0.6) is 0 Å². The van der Waals surface area contributed by atoms with Gasteiger partial charge in [-0.2, -0.15) is 0 Å². The second-order valence-electron chi connectivity index (χ2n) is 5.30. The van der Waals surface area contributed by atoms with Crippen LogP contribution in [0.15, 0.2) is 0 Å². The van der Waals surface area contributed by atoms with E-state index in [1.54, 1.807) is 7.11 Å². The van der Waals surface area contributed by atoms with Gasteiger partial charge in [-0.15, -0.1) is 0 Å². The summed E-state index contributed by atoms with van der Waals surface area (Å²) in [6.45, 7) is 6.84. The quantitative estimate of drug-likeness (QED) is 0.727. The number of rotatable bonds is 2. The summed E-state index contributed by atoms with van der Waals surface area (Å²) in [5, 5.41) is 0. The average molecular weight is 279 g/mol. The van der Waals surface area contributed by atoms with Gasteiger partial charge in [-0.25, -0.2) is 0 Å². The van der Waals surface area contributed by atoms with Gasteiger partial charge in [0.1, 0.15) is 0 Å². The molecule has 0 aromatic rings. The standard InChI is InChI=1S/C11H20O3Se/c1-10(2)8-5-6-11(3,14-8)9(7-13-4)15(10)12/h8-9H,5-7H2,1-4H3/t8-,9+,11+,15?/m1/s1. The fourth-order valence-corrected chi connectivity index (χ4v) is 6.99. The second-order valence-corrected chi connectivity index (χ2v) is 9.95. The van der Waals surface area contributed by atoms with Crippen molar-refractivity contribution < 1.29 is 13.3 Å². The molecule has 2 heterocycles. The van der Waals surface area contributed by atoms with Crippen molar-refractivity contribution in [2.24, 2.45) is 0 Å². The average Bonchev–Trinajstić information content (AvgIpc) is 2.54. The molecule has 0 saturated carbocycles. The number of hydrogen-bond acceptors (Lipinski definition) is 3. The van der Waals surface area contributed by atoms with Crippen LogP contribution in [0.25, 0.3) is 0 Å². The summed E-state index contributed by atoms with van der Waals surface area (Å²) >= 11 is -1.91. The zero-order valence-electron chi connectivity index (χ0n) is 9.91. The van der Waals surface area contributed by atoms with Crippen molar-refractivity contribution in [3.8, 4) is 0 Å². The molecular formula is C11H20O3Se. The minimum absolute atomic E-state index is 0.108. The molecule has 1 unspecified atom stereocenters. The van der Waals surface area contributed by atoms with Crippen LogP contribution in [0.2, 0.25) is 9.13 Å². The van der Waals surface area contributed by atoms with E-state index in [1.807, 2.05) is 0 Å². The molecule has 2 aliphatic heterocycles. The van der Waals surface area contributed by atoms with Gasteiger partial charge in [0.2, 0.25) is 0 Å². The molecule has 0 N–H and O–H groups in total. The SMILES string of the molecule is COC[C@@H]1[Se](=O)C(C)(C)[C@H]2CC[C@]1(C)O2. The van der Waals surface area contributed by atoms with Crippen molar-refractivity contribution in [2.75, 3.05) is 13.7 Å². The van der Waals surface area contributed by atoms with Gasteiger partial charge in [-0.05, 0) is 0 Å². The van der Waals surface area contributed by atoms with Gasteiger partial charge in [0.05, 0.1) is 0 Å². The first-order chi connectivity index (χ1) is 6.92. The Morgan fingerprint density at radius 1 is 1.47 bits per heavy atom. The zero-order chi connectivity index (χ0) is 11.3. The molecule has 0 aromatic carbocycles. The van der Waals surface area contributed by atoms with Gasteiger partial charge in [-0.3, -0.25) is 0 Å². The van der Waals surface area contributed by atoms with Crippen LogP contribution in [-0.2, 0) is 13.3 Å². The summed E-state index contributed by atoms with van der Waals surface area (Å²) in [6.07, 6.45) is 2.27. The molecule has 0 aromatic heterocycles. The van der Waals surface area contributed by atoms with E-state index in [9.17, 15) is 3.83 Å². The van der Waals surface area contributed by atoms with Gasteiger partial charge in [-0.1, -0.05) is 0 Å². The van der Waals surface area contributed by atoms with Crippen molar-refractivity contribution in [2.45, 2.75) is 54.4 Å². The maximum atomic E-state index is 12.6. The van der Waals surface area contributed by atoms with Crippen LogP contribution in [-0.4, -0.2) is 39.3 Å². The van der Waals surface area contributed by atoms with Crippen molar-refractivity contribution in [1.82, 2.24) is 0 Å². The predicted octanol–water partition coefficient (Wildman–Crippen LogP) is 2.16. The summed E-state index contributed by atoms with van der Waals surface area (Å²) in [7, 11) is 1.68. The molecule has 2 fully saturated rings. The Hall–Kier alpha value is 0.239. The van der Waals surface area contributed by atoms with Gasteiger partial charge >= 0.3 is 95.3 Å². The first-order valence-corrected chi connectivity index (χ1v) is 8.04. The molecule has 2 bridgehead atoms. The van der Waals surface area contributed by atoms with Gasteiger partial charge in [0.15, 0.2) is 0 Å². The Bertz CT molecular complexity index is 290. The molecule has 2 rings (SSSR count). The third-order valence-corrected chi connectivity index (χ3v) is 9.01. The van der Waals surface area contributed by atoms with Gasteiger partial charge < -0.3 is 0 Å². The predicted molar refractivity (Wildman–Crippen MR) is 58.6 cm³/mol. The van der Waals surface area contributed by atoms with Crippen LogP contribution in [0.4, 0.5) is 0 Å². The number of fused-ring (bicyclic) bond motifs is 2. The Labute approximate surface area is 95.6 Å². The number of methoxy groups -OCH3 is 1. The first-order valence-electron chi connectivity index (χ1n) is 5.49. The molecule has 0 amide bonds. The molecule has 15 heavy (non-hydrogen) atoms. The second kappa shape index (κ2) is 3.63. The third kappa shape index (κ3) is 1.62. The summed E-state index contributed by atoms with van der Waals surface area (Å²) < 4.78 is 23.7. The summed E-state index contributed by atoms with van der Waals surface area (Å²) in [5.74, 6) is 0.